The van der Waals surface area contributed by atoms with Gasteiger partial charge in [0.15, 0.2) is 16.6 Å². The predicted octanol–water partition coefficient (Wildman–Crippen LogP) is 3.84. The minimum Gasteiger partial charge on any atom is -0.454 e. The summed E-state index contributed by atoms with van der Waals surface area (Å²) in [6.45, 7) is 1.50. The molecule has 9 heteroatoms. The van der Waals surface area contributed by atoms with Gasteiger partial charge in [-0.15, -0.1) is 11.3 Å². The highest BCUT2D eigenvalue weighted by Gasteiger charge is 2.23. The Morgan fingerprint density at radius 1 is 1.07 bits per heavy atom. The highest BCUT2D eigenvalue weighted by Crippen LogP contribution is 2.40. The van der Waals surface area contributed by atoms with Gasteiger partial charge in [-0.2, -0.15) is 0 Å². The Morgan fingerprint density at radius 2 is 1.90 bits per heavy atom. The van der Waals surface area contributed by atoms with Gasteiger partial charge in [0.2, 0.25) is 6.79 Å². The number of anilines is 1. The lowest BCUT2D eigenvalue weighted by Gasteiger charge is -2.22. The van der Waals surface area contributed by atoms with Gasteiger partial charge in [0.05, 0.1) is 25.9 Å². The van der Waals surface area contributed by atoms with Crippen molar-refractivity contribution in [2.24, 2.45) is 0 Å². The lowest BCUT2D eigenvalue weighted by molar-refractivity contribution is 0.0985. The van der Waals surface area contributed by atoms with Crippen LogP contribution >= 0.6 is 22.7 Å². The molecule has 0 aliphatic carbocycles. The second-order valence-corrected chi connectivity index (χ2v) is 8.86. The van der Waals surface area contributed by atoms with Crippen LogP contribution in [0.3, 0.4) is 0 Å². The maximum Gasteiger partial charge on any atom is 0.260 e. The maximum atomic E-state index is 13.4. The number of rotatable bonds is 5. The normalized spacial score (nSPS) is 12.9. The first-order chi connectivity index (χ1) is 14.1. The van der Waals surface area contributed by atoms with Crippen molar-refractivity contribution in [2.45, 2.75) is 0 Å². The molecule has 0 N–H and O–H groups in total. The lowest BCUT2D eigenvalue weighted by atomic mass is 10.2. The van der Waals surface area contributed by atoms with Crippen LogP contribution in [0.2, 0.25) is 0 Å². The van der Waals surface area contributed by atoms with Crippen molar-refractivity contribution in [3.63, 3.8) is 0 Å². The van der Waals surface area contributed by atoms with Gasteiger partial charge >= 0.3 is 0 Å². The highest BCUT2D eigenvalue weighted by molar-refractivity contribution is 7.22. The summed E-state index contributed by atoms with van der Waals surface area (Å²) in [4.78, 5) is 26.2. The molecule has 7 nitrogen and oxygen atoms in total. The molecule has 0 atom stereocenters. The first kappa shape index (κ1) is 18.3. The zero-order valence-corrected chi connectivity index (χ0v) is 17.5. The first-order valence-electron chi connectivity index (χ1n) is 9.08. The summed E-state index contributed by atoms with van der Waals surface area (Å²) >= 11 is 3.01. The third kappa shape index (κ3) is 3.41. The molecule has 0 spiro atoms. The van der Waals surface area contributed by atoms with E-state index in [1.807, 2.05) is 44.4 Å². The van der Waals surface area contributed by atoms with E-state index in [-0.39, 0.29) is 12.7 Å². The molecule has 0 saturated carbocycles. The van der Waals surface area contributed by atoms with Gasteiger partial charge in [-0.25, -0.2) is 9.97 Å². The second kappa shape index (κ2) is 7.25. The number of benzene rings is 2. The summed E-state index contributed by atoms with van der Waals surface area (Å²) < 4.78 is 12.9. The number of nitrogens with zero attached hydrogens (tertiary/aromatic N) is 4. The fraction of sp³-hybridized carbons (Fsp3) is 0.250. The Labute approximate surface area is 175 Å². The number of thiazole rings is 2. The summed E-state index contributed by atoms with van der Waals surface area (Å²) in [5.74, 6) is 1.34. The average molecular weight is 427 g/mol. The third-order valence-corrected chi connectivity index (χ3v) is 6.53. The highest BCUT2D eigenvalue weighted by atomic mass is 32.1. The molecule has 0 bridgehead atoms. The standard InChI is InChI=1S/C20H18N4O3S2/c1-23(2)5-6-24(19(25)12-3-4-13-17(7-12)28-10-21-13)20-22-14-8-15-16(27-11-26-15)9-18(14)29-20/h3-4,7-10H,5-6,11H2,1-2H3. The van der Waals surface area contributed by atoms with Gasteiger partial charge in [0.25, 0.3) is 5.91 Å². The Bertz CT molecular complexity index is 1180. The number of aromatic nitrogens is 2. The quantitative estimate of drug-likeness (QED) is 0.483. The molecule has 0 fully saturated rings. The summed E-state index contributed by atoms with van der Waals surface area (Å²) in [5, 5.41) is 0.667. The number of carbonyl (C=O) groups excluding carboxylic acids is 1. The largest absolute Gasteiger partial charge is 0.454 e. The fourth-order valence-corrected chi connectivity index (χ4v) is 4.87. The number of hydrogen-bond acceptors (Lipinski definition) is 8. The Hall–Kier alpha value is -2.75. The van der Waals surface area contributed by atoms with Crippen molar-refractivity contribution in [3.05, 3.63) is 41.4 Å². The number of carbonyl (C=O) groups is 1. The molecule has 1 amide bonds. The van der Waals surface area contributed by atoms with E-state index in [2.05, 4.69) is 9.88 Å². The van der Waals surface area contributed by atoms with Crippen LogP contribution in [0.15, 0.2) is 35.8 Å². The molecule has 2 aromatic carbocycles. The Morgan fingerprint density at radius 3 is 2.72 bits per heavy atom. The van der Waals surface area contributed by atoms with E-state index in [1.54, 1.807) is 10.4 Å². The Balaban J connectivity index is 1.53. The topological polar surface area (TPSA) is 67.8 Å². The van der Waals surface area contributed by atoms with Gasteiger partial charge in [0, 0.05) is 30.8 Å². The molecule has 0 unspecified atom stereocenters. The molecule has 3 heterocycles. The number of fused-ring (bicyclic) bond motifs is 3. The number of likely N-dealkylation sites (N-methyl/N-ethyl adjacent to an activating group) is 1. The van der Waals surface area contributed by atoms with Crippen molar-refractivity contribution < 1.29 is 14.3 Å². The molecular formula is C20H18N4O3S2. The van der Waals surface area contributed by atoms with Crippen LogP contribution in [-0.2, 0) is 0 Å². The van der Waals surface area contributed by atoms with Crippen LogP contribution < -0.4 is 14.4 Å². The molecule has 2 aromatic heterocycles. The van der Waals surface area contributed by atoms with Crippen LogP contribution in [0, 0.1) is 0 Å². The van der Waals surface area contributed by atoms with Crippen molar-refractivity contribution >= 4 is 54.1 Å². The third-order valence-electron chi connectivity index (χ3n) is 4.70. The smallest absolute Gasteiger partial charge is 0.260 e. The van der Waals surface area contributed by atoms with E-state index in [4.69, 9.17) is 14.5 Å². The van der Waals surface area contributed by atoms with Gasteiger partial charge in [-0.3, -0.25) is 9.69 Å². The second-order valence-electron chi connectivity index (χ2n) is 6.96. The van der Waals surface area contributed by atoms with Gasteiger partial charge < -0.3 is 14.4 Å². The van der Waals surface area contributed by atoms with Crippen LogP contribution in [-0.4, -0.2) is 54.8 Å². The van der Waals surface area contributed by atoms with Gasteiger partial charge in [0.1, 0.15) is 0 Å². The van der Waals surface area contributed by atoms with Crippen LogP contribution in [0.1, 0.15) is 10.4 Å². The van der Waals surface area contributed by atoms with Gasteiger partial charge in [-0.05, 0) is 32.3 Å². The molecule has 1 aliphatic heterocycles. The zero-order valence-electron chi connectivity index (χ0n) is 15.9. The van der Waals surface area contributed by atoms with E-state index < -0.39 is 0 Å². The van der Waals surface area contributed by atoms with Crippen molar-refractivity contribution in [3.8, 4) is 11.5 Å². The minimum absolute atomic E-state index is 0.0683. The van der Waals surface area contributed by atoms with E-state index in [1.165, 1.54) is 22.7 Å². The number of ether oxygens (including phenoxy) is 2. The SMILES string of the molecule is CN(C)CCN(C(=O)c1ccc2ncsc2c1)c1nc2cc3c(cc2s1)OCO3. The molecule has 0 radical (unpaired) electrons. The Kier molecular flexibility index (Phi) is 4.57. The van der Waals surface area contributed by atoms with Crippen molar-refractivity contribution in [1.29, 1.82) is 0 Å². The lowest BCUT2D eigenvalue weighted by Crippen LogP contribution is -2.36. The molecule has 4 aromatic rings. The van der Waals surface area contributed by atoms with Crippen LogP contribution in [0.25, 0.3) is 20.4 Å². The maximum absolute atomic E-state index is 13.4. The predicted molar refractivity (Wildman–Crippen MR) is 116 cm³/mol. The van der Waals surface area contributed by atoms with Crippen molar-refractivity contribution in [2.75, 3.05) is 38.9 Å². The van der Waals surface area contributed by atoms with E-state index in [9.17, 15) is 4.79 Å². The minimum atomic E-state index is -0.0683. The summed E-state index contributed by atoms with van der Waals surface area (Å²) in [6, 6.07) is 9.42. The molecule has 29 heavy (non-hydrogen) atoms. The first-order valence-corrected chi connectivity index (χ1v) is 10.8. The van der Waals surface area contributed by atoms with E-state index in [0.717, 1.165) is 32.7 Å². The molecule has 148 valence electrons. The van der Waals surface area contributed by atoms with E-state index in [0.29, 0.717) is 23.0 Å². The average Bonchev–Trinajstić information content (AvgIpc) is 3.43. The summed E-state index contributed by atoms with van der Waals surface area (Å²) in [6.07, 6.45) is 0. The van der Waals surface area contributed by atoms with Crippen molar-refractivity contribution in [1.82, 2.24) is 14.9 Å². The summed E-state index contributed by atoms with van der Waals surface area (Å²) in [5.41, 5.74) is 4.13. The molecule has 0 saturated heterocycles. The monoisotopic (exact) mass is 426 g/mol. The number of amides is 1. The fourth-order valence-electron chi connectivity index (χ4n) is 3.15. The van der Waals surface area contributed by atoms with E-state index >= 15 is 0 Å². The van der Waals surface area contributed by atoms with Crippen LogP contribution in [0.4, 0.5) is 5.13 Å². The zero-order chi connectivity index (χ0) is 20.0. The summed E-state index contributed by atoms with van der Waals surface area (Å²) in [7, 11) is 3.98. The molecule has 1 aliphatic rings. The molecular weight excluding hydrogens is 408 g/mol. The number of hydrogen-bond donors (Lipinski definition) is 0. The van der Waals surface area contributed by atoms with Crippen LogP contribution in [0.5, 0.6) is 11.5 Å². The van der Waals surface area contributed by atoms with Gasteiger partial charge in [-0.1, -0.05) is 11.3 Å². The molecule has 5 rings (SSSR count).